The van der Waals surface area contributed by atoms with Gasteiger partial charge in [0.1, 0.15) is 7.85 Å². The van der Waals surface area contributed by atoms with E-state index in [0.29, 0.717) is 22.6 Å². The van der Waals surface area contributed by atoms with Crippen molar-refractivity contribution in [1.29, 1.82) is 0 Å². The number of hydrogen-bond donors (Lipinski definition) is 1. The van der Waals surface area contributed by atoms with Crippen LogP contribution in [-0.4, -0.2) is 13.8 Å². The highest BCUT2D eigenvalue weighted by Gasteiger charge is 2.12. The summed E-state index contributed by atoms with van der Waals surface area (Å²) >= 11 is 6.05. The maximum absolute atomic E-state index is 12.1. The second kappa shape index (κ2) is 5.94. The van der Waals surface area contributed by atoms with Crippen molar-refractivity contribution in [2.24, 2.45) is 0 Å². The molecule has 0 heterocycles. The van der Waals surface area contributed by atoms with E-state index in [1.165, 1.54) is 0 Å². The quantitative estimate of drug-likeness (QED) is 0.852. The Kier molecular flexibility index (Phi) is 4.28. The Balaban J connectivity index is 2.07. The van der Waals surface area contributed by atoms with Crippen LogP contribution in [0.4, 0.5) is 0 Å². The molecule has 0 fully saturated rings. The molecule has 0 aliphatic carbocycles. The van der Waals surface area contributed by atoms with Gasteiger partial charge in [0, 0.05) is 6.54 Å². The van der Waals surface area contributed by atoms with E-state index in [0.717, 1.165) is 11.1 Å². The maximum Gasteiger partial charge on any atom is 0.253 e. The maximum atomic E-state index is 12.1. The summed E-state index contributed by atoms with van der Waals surface area (Å²) in [4.78, 5) is 12.1. The zero-order valence-corrected chi connectivity index (χ0v) is 11.4. The number of rotatable bonds is 3. The fraction of sp³-hybridized carbons (Fsp3) is 0.133. The highest BCUT2D eigenvalue weighted by Crippen LogP contribution is 2.19. The van der Waals surface area contributed by atoms with Crippen LogP contribution >= 0.6 is 11.6 Å². The van der Waals surface area contributed by atoms with Gasteiger partial charge in [-0.2, -0.15) is 0 Å². The Morgan fingerprint density at radius 3 is 2.53 bits per heavy atom. The first kappa shape index (κ1) is 13.7. The smallest absolute Gasteiger partial charge is 0.253 e. The first-order valence-electron chi connectivity index (χ1n) is 5.95. The largest absolute Gasteiger partial charge is 0.348 e. The first-order chi connectivity index (χ1) is 9.08. The summed E-state index contributed by atoms with van der Waals surface area (Å²) in [6, 6.07) is 12.8. The van der Waals surface area contributed by atoms with Crippen LogP contribution in [-0.2, 0) is 6.54 Å². The lowest BCUT2D eigenvalue weighted by molar-refractivity contribution is 0.0950. The van der Waals surface area contributed by atoms with Crippen LogP contribution in [0.2, 0.25) is 5.02 Å². The molecule has 1 amide bonds. The van der Waals surface area contributed by atoms with E-state index in [-0.39, 0.29) is 5.91 Å². The molecule has 0 spiro atoms. The fourth-order valence-electron chi connectivity index (χ4n) is 1.83. The normalized spacial score (nSPS) is 10.2. The van der Waals surface area contributed by atoms with Crippen molar-refractivity contribution in [2.45, 2.75) is 13.5 Å². The number of carbonyl (C=O) groups is 1. The van der Waals surface area contributed by atoms with E-state index in [4.69, 9.17) is 19.4 Å². The van der Waals surface area contributed by atoms with Gasteiger partial charge in [0.15, 0.2) is 0 Å². The van der Waals surface area contributed by atoms with Crippen molar-refractivity contribution in [3.8, 4) is 0 Å². The predicted octanol–water partition coefficient (Wildman–Crippen LogP) is 2.37. The monoisotopic (exact) mass is 269 g/mol. The Morgan fingerprint density at radius 2 is 1.89 bits per heavy atom. The number of hydrogen-bond acceptors (Lipinski definition) is 1. The summed E-state index contributed by atoms with van der Waals surface area (Å²) in [6.45, 7) is 2.31. The van der Waals surface area contributed by atoms with Crippen LogP contribution in [0.5, 0.6) is 0 Å². The van der Waals surface area contributed by atoms with E-state index < -0.39 is 0 Å². The molecule has 19 heavy (non-hydrogen) atoms. The number of amides is 1. The van der Waals surface area contributed by atoms with Crippen molar-refractivity contribution >= 4 is 30.8 Å². The van der Waals surface area contributed by atoms with Gasteiger partial charge < -0.3 is 5.32 Å². The van der Waals surface area contributed by atoms with Gasteiger partial charge in [-0.1, -0.05) is 53.5 Å². The number of aryl methyl sites for hydroxylation is 1. The van der Waals surface area contributed by atoms with Crippen molar-refractivity contribution < 1.29 is 4.79 Å². The summed E-state index contributed by atoms with van der Waals surface area (Å²) < 4.78 is 0. The summed E-state index contributed by atoms with van der Waals surface area (Å²) in [7, 11) is 5.61. The minimum Gasteiger partial charge on any atom is -0.348 e. The molecule has 0 saturated heterocycles. The summed E-state index contributed by atoms with van der Waals surface area (Å²) in [5.41, 5.74) is 3.09. The van der Waals surface area contributed by atoms with Gasteiger partial charge >= 0.3 is 0 Å². The molecule has 0 aliphatic rings. The van der Waals surface area contributed by atoms with Gasteiger partial charge in [-0.3, -0.25) is 4.79 Å². The third kappa shape index (κ3) is 3.39. The summed E-state index contributed by atoms with van der Waals surface area (Å²) in [6.07, 6.45) is 0. The molecule has 0 bridgehead atoms. The van der Waals surface area contributed by atoms with Crippen LogP contribution in [0.1, 0.15) is 21.5 Å². The molecule has 2 nitrogen and oxygen atoms in total. The van der Waals surface area contributed by atoms with Crippen molar-refractivity contribution in [3.63, 3.8) is 0 Å². The number of nitrogens with one attached hydrogen (secondary N) is 1. The average molecular weight is 270 g/mol. The number of carbonyl (C=O) groups excluding carboxylic acids is 1. The summed E-state index contributed by atoms with van der Waals surface area (Å²) in [5.74, 6) is -0.167. The third-order valence-corrected chi connectivity index (χ3v) is 3.20. The number of benzene rings is 2. The minimum absolute atomic E-state index is 0.167. The first-order valence-corrected chi connectivity index (χ1v) is 6.33. The second-order valence-corrected chi connectivity index (χ2v) is 4.76. The number of halogens is 1. The van der Waals surface area contributed by atoms with E-state index >= 15 is 0 Å². The molecule has 2 aromatic carbocycles. The highest BCUT2D eigenvalue weighted by atomic mass is 35.5. The van der Waals surface area contributed by atoms with Gasteiger partial charge in [0.05, 0.1) is 10.6 Å². The van der Waals surface area contributed by atoms with E-state index in [9.17, 15) is 4.79 Å². The Bertz CT molecular complexity index is 575. The van der Waals surface area contributed by atoms with Gasteiger partial charge in [-0.05, 0) is 24.1 Å². The molecule has 2 aromatic rings. The molecular weight excluding hydrogens is 256 g/mol. The molecule has 0 atom stereocenters. The standard InChI is InChI=1S/C15H13BClNO/c1-10-3-2-4-13(17)14(10)15(19)18-9-11-5-7-12(16)8-6-11/h2-8H,9H2,1H3,(H,18,19). The van der Waals surface area contributed by atoms with Gasteiger partial charge in [-0.25, -0.2) is 0 Å². The lowest BCUT2D eigenvalue weighted by atomic mass is 9.95. The van der Waals surface area contributed by atoms with E-state index in [1.54, 1.807) is 6.07 Å². The minimum atomic E-state index is -0.167. The zero-order chi connectivity index (χ0) is 13.8. The molecule has 0 aromatic heterocycles. The lowest BCUT2D eigenvalue weighted by Gasteiger charge is -2.09. The fourth-order valence-corrected chi connectivity index (χ4v) is 2.13. The highest BCUT2D eigenvalue weighted by molar-refractivity contribution is 6.34. The van der Waals surface area contributed by atoms with Gasteiger partial charge in [0.25, 0.3) is 5.91 Å². The predicted molar refractivity (Wildman–Crippen MR) is 79.2 cm³/mol. The molecule has 0 saturated carbocycles. The Morgan fingerprint density at radius 1 is 1.21 bits per heavy atom. The molecule has 2 rings (SSSR count). The molecule has 2 radical (unpaired) electrons. The van der Waals surface area contributed by atoms with Crippen LogP contribution in [0.3, 0.4) is 0 Å². The van der Waals surface area contributed by atoms with Gasteiger partial charge in [0.2, 0.25) is 0 Å². The average Bonchev–Trinajstić information content (AvgIpc) is 2.38. The molecule has 1 N–H and O–H groups in total. The Hall–Kier alpha value is -1.74. The van der Waals surface area contributed by atoms with E-state index in [2.05, 4.69) is 5.32 Å². The molecule has 94 valence electrons. The topological polar surface area (TPSA) is 29.1 Å². The Labute approximate surface area is 119 Å². The molecule has 0 unspecified atom stereocenters. The second-order valence-electron chi connectivity index (χ2n) is 4.36. The third-order valence-electron chi connectivity index (χ3n) is 2.88. The lowest BCUT2D eigenvalue weighted by Crippen LogP contribution is -2.24. The van der Waals surface area contributed by atoms with Crippen LogP contribution < -0.4 is 10.8 Å². The van der Waals surface area contributed by atoms with Crippen molar-refractivity contribution in [3.05, 3.63) is 64.2 Å². The molecule has 0 aliphatic heterocycles. The van der Waals surface area contributed by atoms with E-state index in [1.807, 2.05) is 43.3 Å². The van der Waals surface area contributed by atoms with Crippen LogP contribution in [0.15, 0.2) is 42.5 Å². The molecule has 4 heteroatoms. The van der Waals surface area contributed by atoms with Crippen LogP contribution in [0.25, 0.3) is 0 Å². The van der Waals surface area contributed by atoms with Crippen LogP contribution in [0, 0.1) is 6.92 Å². The molecular formula is C15H13BClNO. The van der Waals surface area contributed by atoms with Crippen molar-refractivity contribution in [2.75, 3.05) is 0 Å². The van der Waals surface area contributed by atoms with Gasteiger partial charge in [-0.15, -0.1) is 0 Å². The van der Waals surface area contributed by atoms with Crippen molar-refractivity contribution in [1.82, 2.24) is 5.32 Å². The summed E-state index contributed by atoms with van der Waals surface area (Å²) in [5, 5.41) is 3.32. The SMILES string of the molecule is [B]c1ccc(CNC(=O)c2c(C)cccc2Cl)cc1. The zero-order valence-electron chi connectivity index (χ0n) is 10.6.